The number of ether oxygens (including phenoxy) is 1. The summed E-state index contributed by atoms with van der Waals surface area (Å²) >= 11 is 0. The molecule has 1 aromatic carbocycles. The highest BCUT2D eigenvalue weighted by Crippen LogP contribution is 2.27. The van der Waals surface area contributed by atoms with E-state index in [-0.39, 0.29) is 36.7 Å². The number of Topliss-reactive ketones (excluding diaryl/α,β-unsaturated/α-hetero) is 1. The molecule has 0 saturated heterocycles. The highest BCUT2D eigenvalue weighted by atomic mass is 16.5. The molecule has 0 spiro atoms. The number of carbonyl (C=O) groups is 2. The predicted octanol–water partition coefficient (Wildman–Crippen LogP) is 3.60. The molecule has 0 aliphatic rings. The Bertz CT molecular complexity index is 768. The molecule has 1 N–H and O–H groups in total. The maximum Gasteiger partial charge on any atom is 0.306 e. The molecule has 0 fully saturated rings. The average molecular weight is 327 g/mol. The highest BCUT2D eigenvalue weighted by Gasteiger charge is 2.17. The van der Waals surface area contributed by atoms with Crippen molar-refractivity contribution in [2.24, 2.45) is 0 Å². The van der Waals surface area contributed by atoms with E-state index in [4.69, 9.17) is 4.74 Å². The maximum atomic E-state index is 12.3. The topological polar surface area (TPSA) is 76.5 Å². The third kappa shape index (κ3) is 3.98. The normalized spacial score (nSPS) is 10.5. The van der Waals surface area contributed by atoms with Crippen LogP contribution < -0.4 is 0 Å². The van der Waals surface area contributed by atoms with E-state index in [1.54, 1.807) is 13.0 Å². The Morgan fingerprint density at radius 3 is 2.58 bits per heavy atom. The number of aromatic nitrogens is 1. The van der Waals surface area contributed by atoms with Crippen LogP contribution in [0.15, 0.2) is 30.3 Å². The van der Waals surface area contributed by atoms with Gasteiger partial charge in [0.15, 0.2) is 5.78 Å². The number of benzene rings is 1. The van der Waals surface area contributed by atoms with E-state index in [2.05, 4.69) is 4.98 Å². The lowest BCUT2D eigenvalue weighted by atomic mass is 10.00. The molecule has 0 amide bonds. The van der Waals surface area contributed by atoms with Gasteiger partial charge in [-0.3, -0.25) is 9.59 Å². The fraction of sp³-hybridized carbons (Fsp3) is 0.316. The van der Waals surface area contributed by atoms with Crippen molar-refractivity contribution >= 4 is 11.8 Å². The van der Waals surface area contributed by atoms with Crippen LogP contribution in [0, 0.1) is 13.8 Å². The summed E-state index contributed by atoms with van der Waals surface area (Å²) in [6.45, 7) is 5.98. The van der Waals surface area contributed by atoms with Crippen molar-refractivity contribution in [1.29, 1.82) is 0 Å². The smallest absolute Gasteiger partial charge is 0.306 e. The van der Waals surface area contributed by atoms with Crippen LogP contribution in [0.3, 0.4) is 0 Å². The summed E-state index contributed by atoms with van der Waals surface area (Å²) in [5.74, 6) is -0.998. The van der Waals surface area contributed by atoms with Gasteiger partial charge in [0.05, 0.1) is 18.7 Å². The number of pyridine rings is 1. The van der Waals surface area contributed by atoms with Gasteiger partial charge in [-0.15, -0.1) is 0 Å². The number of esters is 1. The third-order valence-electron chi connectivity index (χ3n) is 3.88. The van der Waals surface area contributed by atoms with Crippen molar-refractivity contribution in [3.63, 3.8) is 0 Å². The van der Waals surface area contributed by atoms with Crippen molar-refractivity contribution in [2.45, 2.75) is 33.6 Å². The van der Waals surface area contributed by atoms with Crippen molar-refractivity contribution in [1.82, 2.24) is 4.98 Å². The summed E-state index contributed by atoms with van der Waals surface area (Å²) in [6.07, 6.45) is -0.0723. The molecule has 0 radical (unpaired) electrons. The van der Waals surface area contributed by atoms with Crippen LogP contribution in [0.4, 0.5) is 0 Å². The van der Waals surface area contributed by atoms with Crippen molar-refractivity contribution < 1.29 is 19.4 Å². The lowest BCUT2D eigenvalue weighted by Gasteiger charge is -2.10. The second-order valence-corrected chi connectivity index (χ2v) is 5.54. The number of aromatic hydroxyl groups is 1. The average Bonchev–Trinajstić information content (AvgIpc) is 2.56. The van der Waals surface area contributed by atoms with Crippen LogP contribution in [-0.2, 0) is 9.53 Å². The summed E-state index contributed by atoms with van der Waals surface area (Å²) in [7, 11) is 0. The number of aryl methyl sites for hydroxylation is 1. The maximum absolute atomic E-state index is 12.3. The van der Waals surface area contributed by atoms with E-state index >= 15 is 0 Å². The Balaban J connectivity index is 2.27. The van der Waals surface area contributed by atoms with Crippen LogP contribution >= 0.6 is 0 Å². The van der Waals surface area contributed by atoms with Gasteiger partial charge in [0.25, 0.3) is 0 Å². The minimum atomic E-state index is -0.434. The number of nitrogens with zero attached hydrogens (tertiary/aromatic N) is 1. The van der Waals surface area contributed by atoms with Gasteiger partial charge in [-0.05, 0) is 44.0 Å². The van der Waals surface area contributed by atoms with Crippen LogP contribution in [0.25, 0.3) is 11.3 Å². The minimum absolute atomic E-state index is 0.0160. The molecule has 126 valence electrons. The summed E-state index contributed by atoms with van der Waals surface area (Å²) < 4.78 is 4.81. The SMILES string of the molecule is CCOC(=O)CCC(=O)c1nc(-c2cccc(C)c2C)ccc1O. The summed E-state index contributed by atoms with van der Waals surface area (Å²) in [4.78, 5) is 28.0. The van der Waals surface area contributed by atoms with E-state index in [9.17, 15) is 14.7 Å². The van der Waals surface area contributed by atoms with Gasteiger partial charge in [0.1, 0.15) is 11.4 Å². The number of hydrogen-bond acceptors (Lipinski definition) is 5. The molecule has 0 saturated carbocycles. The standard InChI is InChI=1S/C19H21NO4/c1-4-24-18(23)11-10-17(22)19-16(21)9-8-15(20-19)14-7-5-6-12(2)13(14)3/h5-9,21H,4,10-11H2,1-3H3. The van der Waals surface area contributed by atoms with E-state index in [1.165, 1.54) is 6.07 Å². The monoisotopic (exact) mass is 327 g/mol. The fourth-order valence-electron chi connectivity index (χ4n) is 2.40. The Morgan fingerprint density at radius 1 is 1.12 bits per heavy atom. The molecule has 2 aromatic rings. The molecule has 0 aliphatic heterocycles. The first kappa shape index (κ1) is 17.7. The highest BCUT2D eigenvalue weighted by molar-refractivity contribution is 5.98. The molecule has 2 rings (SSSR count). The Labute approximate surface area is 141 Å². The Kier molecular flexibility index (Phi) is 5.68. The Hall–Kier alpha value is -2.69. The molecule has 0 bridgehead atoms. The van der Waals surface area contributed by atoms with Crippen molar-refractivity contribution in [2.75, 3.05) is 6.61 Å². The van der Waals surface area contributed by atoms with Crippen molar-refractivity contribution in [3.8, 4) is 17.0 Å². The first-order chi connectivity index (χ1) is 11.4. The van der Waals surface area contributed by atoms with Gasteiger partial charge >= 0.3 is 5.97 Å². The lowest BCUT2D eigenvalue weighted by molar-refractivity contribution is -0.143. The fourth-order valence-corrected chi connectivity index (χ4v) is 2.40. The van der Waals surface area contributed by atoms with E-state index in [0.29, 0.717) is 5.69 Å². The second kappa shape index (κ2) is 7.73. The van der Waals surface area contributed by atoms with Gasteiger partial charge in [0, 0.05) is 12.0 Å². The molecule has 5 heteroatoms. The summed E-state index contributed by atoms with van der Waals surface area (Å²) in [5, 5.41) is 9.95. The van der Waals surface area contributed by atoms with Crippen LogP contribution in [-0.4, -0.2) is 28.4 Å². The summed E-state index contributed by atoms with van der Waals surface area (Å²) in [5.41, 5.74) is 3.71. The molecule has 0 atom stereocenters. The molecule has 24 heavy (non-hydrogen) atoms. The van der Waals surface area contributed by atoms with Gasteiger partial charge < -0.3 is 9.84 Å². The van der Waals surface area contributed by atoms with Crippen LogP contribution in [0.5, 0.6) is 5.75 Å². The molecular formula is C19H21NO4. The molecule has 0 aliphatic carbocycles. The first-order valence-corrected chi connectivity index (χ1v) is 7.89. The third-order valence-corrected chi connectivity index (χ3v) is 3.88. The molecule has 1 heterocycles. The lowest BCUT2D eigenvalue weighted by Crippen LogP contribution is -2.09. The Morgan fingerprint density at radius 2 is 1.88 bits per heavy atom. The zero-order valence-corrected chi connectivity index (χ0v) is 14.1. The second-order valence-electron chi connectivity index (χ2n) is 5.54. The zero-order valence-electron chi connectivity index (χ0n) is 14.1. The van der Waals surface area contributed by atoms with Crippen molar-refractivity contribution in [3.05, 3.63) is 47.2 Å². The molecule has 1 aromatic heterocycles. The number of ketones is 1. The van der Waals surface area contributed by atoms with Gasteiger partial charge in [0.2, 0.25) is 0 Å². The molecule has 5 nitrogen and oxygen atoms in total. The minimum Gasteiger partial charge on any atom is -0.506 e. The number of carbonyl (C=O) groups excluding carboxylic acids is 2. The largest absolute Gasteiger partial charge is 0.506 e. The van der Waals surface area contributed by atoms with Crippen LogP contribution in [0.1, 0.15) is 41.4 Å². The van der Waals surface area contributed by atoms with Gasteiger partial charge in [-0.2, -0.15) is 0 Å². The predicted molar refractivity (Wildman–Crippen MR) is 91.0 cm³/mol. The zero-order chi connectivity index (χ0) is 17.7. The van der Waals surface area contributed by atoms with E-state index < -0.39 is 5.97 Å². The number of hydrogen-bond donors (Lipinski definition) is 1. The van der Waals surface area contributed by atoms with Gasteiger partial charge in [-0.1, -0.05) is 18.2 Å². The molecule has 0 unspecified atom stereocenters. The first-order valence-electron chi connectivity index (χ1n) is 7.89. The summed E-state index contributed by atoms with van der Waals surface area (Å²) in [6, 6.07) is 8.99. The van der Waals surface area contributed by atoms with Gasteiger partial charge in [-0.25, -0.2) is 4.98 Å². The number of rotatable bonds is 6. The van der Waals surface area contributed by atoms with Crippen LogP contribution in [0.2, 0.25) is 0 Å². The quantitative estimate of drug-likeness (QED) is 0.648. The van der Waals surface area contributed by atoms with E-state index in [0.717, 1.165) is 16.7 Å². The molecular weight excluding hydrogens is 306 g/mol. The van der Waals surface area contributed by atoms with E-state index in [1.807, 2.05) is 32.0 Å².